The highest BCUT2D eigenvalue weighted by atomic mass is 35.5. The summed E-state index contributed by atoms with van der Waals surface area (Å²) in [5.74, 6) is -0.0500. The Morgan fingerprint density at radius 1 is 1.03 bits per heavy atom. The molecule has 1 saturated heterocycles. The van der Waals surface area contributed by atoms with E-state index in [0.717, 1.165) is 29.5 Å². The highest BCUT2D eigenvalue weighted by Crippen LogP contribution is 2.46. The molecule has 0 radical (unpaired) electrons. The van der Waals surface area contributed by atoms with Gasteiger partial charge in [-0.15, -0.1) is 11.3 Å². The van der Waals surface area contributed by atoms with Crippen molar-refractivity contribution in [3.05, 3.63) is 69.6 Å². The van der Waals surface area contributed by atoms with Crippen LogP contribution in [0, 0.1) is 0 Å². The van der Waals surface area contributed by atoms with Gasteiger partial charge in [0, 0.05) is 16.6 Å². The second-order valence-corrected chi connectivity index (χ2v) is 10.4. The van der Waals surface area contributed by atoms with Gasteiger partial charge in [0.2, 0.25) is 0 Å². The predicted molar refractivity (Wildman–Crippen MR) is 131 cm³/mol. The van der Waals surface area contributed by atoms with Crippen molar-refractivity contribution in [2.45, 2.75) is 43.9 Å². The van der Waals surface area contributed by atoms with Crippen molar-refractivity contribution in [2.75, 3.05) is 26.2 Å². The van der Waals surface area contributed by atoms with Gasteiger partial charge in [-0.3, -0.25) is 4.79 Å². The third-order valence-corrected chi connectivity index (χ3v) is 8.88. The summed E-state index contributed by atoms with van der Waals surface area (Å²) in [6.07, 6.45) is 7.26. The maximum Gasteiger partial charge on any atom is 0.262 e. The second kappa shape index (κ2) is 8.93. The van der Waals surface area contributed by atoms with Crippen LogP contribution in [0.25, 0.3) is 10.1 Å². The summed E-state index contributed by atoms with van der Waals surface area (Å²) >= 11 is 7.89. The van der Waals surface area contributed by atoms with E-state index in [1.54, 1.807) is 11.1 Å². The number of unbranched alkanes of at least 4 members (excludes halogenated alkanes) is 1. The number of amides is 1. The first kappa shape index (κ1) is 21.0. The van der Waals surface area contributed by atoms with Crippen LogP contribution in [0.15, 0.2) is 48.5 Å². The lowest BCUT2D eigenvalue weighted by molar-refractivity contribution is 0.0956. The van der Waals surface area contributed by atoms with Gasteiger partial charge in [-0.2, -0.15) is 0 Å². The smallest absolute Gasteiger partial charge is 0.262 e. The molecule has 3 aromatic rings. The molecule has 1 amide bonds. The van der Waals surface area contributed by atoms with E-state index < -0.39 is 0 Å². The van der Waals surface area contributed by atoms with Crippen LogP contribution < -0.4 is 5.32 Å². The number of hydrogen-bond donors (Lipinski definition) is 1. The van der Waals surface area contributed by atoms with Crippen LogP contribution in [0.4, 0.5) is 0 Å². The first-order valence-corrected chi connectivity index (χ1v) is 12.6. The topological polar surface area (TPSA) is 32.3 Å². The Morgan fingerprint density at radius 3 is 2.65 bits per heavy atom. The van der Waals surface area contributed by atoms with Crippen LogP contribution >= 0.6 is 22.9 Å². The Morgan fingerprint density at radius 2 is 1.81 bits per heavy atom. The number of rotatable bonds is 6. The quantitative estimate of drug-likeness (QED) is 0.462. The van der Waals surface area contributed by atoms with Crippen LogP contribution in [0.1, 0.15) is 52.9 Å². The van der Waals surface area contributed by atoms with Crippen molar-refractivity contribution in [1.29, 1.82) is 0 Å². The Labute approximate surface area is 193 Å². The highest BCUT2D eigenvalue weighted by Gasteiger charge is 2.40. The predicted octanol–water partition coefficient (Wildman–Crippen LogP) is 6.04. The second-order valence-electron chi connectivity index (χ2n) is 8.98. The van der Waals surface area contributed by atoms with E-state index in [1.807, 2.05) is 24.3 Å². The number of nitrogens with one attached hydrogen (secondary N) is 1. The van der Waals surface area contributed by atoms with E-state index in [2.05, 4.69) is 34.5 Å². The Kier molecular flexibility index (Phi) is 6.05. The fraction of sp³-hybridized carbons (Fsp3) is 0.423. The molecule has 2 heterocycles. The number of carbonyl (C=O) groups is 1. The monoisotopic (exact) mass is 452 g/mol. The van der Waals surface area contributed by atoms with Crippen LogP contribution in [0.2, 0.25) is 5.02 Å². The van der Waals surface area contributed by atoms with Gasteiger partial charge in [-0.05, 0) is 80.8 Å². The SMILES string of the molecule is O=C(NCCCCN1CCC2(CCc3ccccc32)CC1)c1sc2ccccc2c1Cl. The lowest BCUT2D eigenvalue weighted by Crippen LogP contribution is -2.42. The standard InChI is InChI=1S/C26H29ClN2OS/c27-23-20-8-2-4-10-22(20)31-24(23)25(30)28-15-5-6-16-29-17-13-26(14-18-29)12-11-19-7-1-3-9-21(19)26/h1-4,7-10H,5-6,11-18H2,(H,28,30). The molecule has 2 aliphatic rings. The number of fused-ring (bicyclic) bond motifs is 3. The summed E-state index contributed by atoms with van der Waals surface area (Å²) in [6.45, 7) is 4.21. The molecule has 1 aliphatic heterocycles. The number of hydrogen-bond acceptors (Lipinski definition) is 3. The number of thiophene rings is 1. The van der Waals surface area contributed by atoms with Gasteiger partial charge < -0.3 is 10.2 Å². The maximum atomic E-state index is 12.5. The molecule has 1 spiro atoms. The molecule has 31 heavy (non-hydrogen) atoms. The lowest BCUT2D eigenvalue weighted by Gasteiger charge is -2.40. The first-order valence-electron chi connectivity index (χ1n) is 11.4. The summed E-state index contributed by atoms with van der Waals surface area (Å²) < 4.78 is 1.06. The van der Waals surface area contributed by atoms with Crippen molar-refractivity contribution < 1.29 is 4.79 Å². The molecule has 0 bridgehead atoms. The van der Waals surface area contributed by atoms with E-state index in [-0.39, 0.29) is 5.91 Å². The van der Waals surface area contributed by atoms with Gasteiger partial charge in [0.15, 0.2) is 0 Å². The Bertz CT molecular complexity index is 1080. The molecule has 1 N–H and O–H groups in total. The van der Waals surface area contributed by atoms with Gasteiger partial charge >= 0.3 is 0 Å². The summed E-state index contributed by atoms with van der Waals surface area (Å²) in [6, 6.07) is 17.0. The molecular weight excluding hydrogens is 424 g/mol. The van der Waals surface area contributed by atoms with Crippen molar-refractivity contribution in [2.24, 2.45) is 0 Å². The molecule has 1 aromatic heterocycles. The van der Waals surface area contributed by atoms with Crippen molar-refractivity contribution in [3.63, 3.8) is 0 Å². The molecule has 5 heteroatoms. The van der Waals surface area contributed by atoms with Gasteiger partial charge in [0.05, 0.1) is 5.02 Å². The first-order chi connectivity index (χ1) is 15.2. The summed E-state index contributed by atoms with van der Waals surface area (Å²) in [4.78, 5) is 15.8. The summed E-state index contributed by atoms with van der Waals surface area (Å²) in [7, 11) is 0. The molecule has 1 aliphatic carbocycles. The minimum absolute atomic E-state index is 0.0500. The zero-order valence-electron chi connectivity index (χ0n) is 17.8. The largest absolute Gasteiger partial charge is 0.351 e. The van der Waals surface area contributed by atoms with Crippen LogP contribution in [0.5, 0.6) is 0 Å². The number of benzene rings is 2. The fourth-order valence-electron chi connectivity index (χ4n) is 5.39. The van der Waals surface area contributed by atoms with E-state index in [0.29, 0.717) is 21.9 Å². The van der Waals surface area contributed by atoms with Crippen molar-refractivity contribution in [3.8, 4) is 0 Å². The van der Waals surface area contributed by atoms with E-state index in [1.165, 1.54) is 50.1 Å². The zero-order chi connectivity index (χ0) is 21.3. The molecule has 5 rings (SSSR count). The summed E-state index contributed by atoms with van der Waals surface area (Å²) in [5.41, 5.74) is 3.63. The van der Waals surface area contributed by atoms with Crippen molar-refractivity contribution >= 4 is 38.9 Å². The van der Waals surface area contributed by atoms with Gasteiger partial charge in [-0.1, -0.05) is 54.1 Å². The van der Waals surface area contributed by atoms with Gasteiger partial charge in [0.25, 0.3) is 5.91 Å². The third kappa shape index (κ3) is 4.13. The van der Waals surface area contributed by atoms with Gasteiger partial charge in [-0.25, -0.2) is 0 Å². The number of likely N-dealkylation sites (tertiary alicyclic amines) is 1. The Balaban J connectivity index is 1.05. The van der Waals surface area contributed by atoms with Crippen LogP contribution in [0.3, 0.4) is 0 Å². The molecule has 0 unspecified atom stereocenters. The normalized spacial score (nSPS) is 17.8. The van der Waals surface area contributed by atoms with Crippen LogP contribution in [-0.4, -0.2) is 37.0 Å². The number of nitrogens with zero attached hydrogens (tertiary/aromatic N) is 1. The number of piperidine rings is 1. The highest BCUT2D eigenvalue weighted by molar-refractivity contribution is 7.21. The molecule has 3 nitrogen and oxygen atoms in total. The fourth-order valence-corrected chi connectivity index (χ4v) is 6.82. The maximum absolute atomic E-state index is 12.5. The van der Waals surface area contributed by atoms with E-state index in [9.17, 15) is 4.79 Å². The molecular formula is C26H29ClN2OS. The lowest BCUT2D eigenvalue weighted by atomic mass is 9.74. The molecule has 2 aromatic carbocycles. The number of aryl methyl sites for hydroxylation is 1. The minimum Gasteiger partial charge on any atom is -0.351 e. The molecule has 162 valence electrons. The van der Waals surface area contributed by atoms with Crippen LogP contribution in [-0.2, 0) is 11.8 Å². The summed E-state index contributed by atoms with van der Waals surface area (Å²) in [5, 5.41) is 4.60. The van der Waals surface area contributed by atoms with E-state index >= 15 is 0 Å². The number of carbonyl (C=O) groups excluding carboxylic acids is 1. The average Bonchev–Trinajstić information content (AvgIpc) is 3.33. The third-order valence-electron chi connectivity index (χ3n) is 7.20. The molecule has 1 fully saturated rings. The average molecular weight is 453 g/mol. The van der Waals surface area contributed by atoms with Gasteiger partial charge in [0.1, 0.15) is 4.88 Å². The molecule has 0 atom stereocenters. The molecule has 0 saturated carbocycles. The number of halogens is 1. The Hall–Kier alpha value is -1.88. The van der Waals surface area contributed by atoms with Crippen molar-refractivity contribution in [1.82, 2.24) is 10.2 Å². The minimum atomic E-state index is -0.0500. The zero-order valence-corrected chi connectivity index (χ0v) is 19.4. The van der Waals surface area contributed by atoms with E-state index in [4.69, 9.17) is 11.6 Å².